The Balaban J connectivity index is 1.69. The normalized spacial score (nSPS) is 24.2. The van der Waals surface area contributed by atoms with Gasteiger partial charge in [-0.15, -0.1) is 0 Å². The highest BCUT2D eigenvalue weighted by Crippen LogP contribution is 2.44. The first kappa shape index (κ1) is 15.7. The first-order valence-corrected chi connectivity index (χ1v) is 9.17. The van der Waals surface area contributed by atoms with Gasteiger partial charge in [0.2, 0.25) is 5.91 Å². The van der Waals surface area contributed by atoms with Crippen LogP contribution in [0.25, 0.3) is 0 Å². The van der Waals surface area contributed by atoms with Gasteiger partial charge in [0.15, 0.2) is 0 Å². The number of carbonyl (C=O) groups is 1. The summed E-state index contributed by atoms with van der Waals surface area (Å²) in [7, 11) is 0. The van der Waals surface area contributed by atoms with Gasteiger partial charge in [-0.05, 0) is 55.0 Å². The maximum absolute atomic E-state index is 12.7. The van der Waals surface area contributed by atoms with Gasteiger partial charge in [0.1, 0.15) is 0 Å². The van der Waals surface area contributed by atoms with E-state index in [1.807, 2.05) is 12.1 Å². The average molecular weight is 340 g/mol. The van der Waals surface area contributed by atoms with E-state index in [0.29, 0.717) is 24.3 Å². The van der Waals surface area contributed by atoms with Gasteiger partial charge < -0.3 is 4.90 Å². The van der Waals surface area contributed by atoms with E-state index in [9.17, 15) is 4.79 Å². The lowest BCUT2D eigenvalue weighted by Gasteiger charge is -2.47. The Bertz CT molecular complexity index is 758. The molecule has 124 valence electrons. The van der Waals surface area contributed by atoms with Crippen LogP contribution >= 0.6 is 11.6 Å². The number of hydrogen-bond donors (Lipinski definition) is 0. The number of hydrogen-bond acceptors (Lipinski definition) is 1. The van der Waals surface area contributed by atoms with Crippen molar-refractivity contribution in [1.29, 1.82) is 0 Å². The SMILES string of the molecule is CC(c1ccccc1)N1C(=O)CC[C@H]2c3ccc(Cl)cc3CC[C@@H]21. The number of likely N-dealkylation sites (tertiary alicyclic amines) is 1. The molecule has 1 unspecified atom stereocenters. The highest BCUT2D eigenvalue weighted by Gasteiger charge is 2.41. The fraction of sp³-hybridized carbons (Fsp3) is 0.381. The summed E-state index contributed by atoms with van der Waals surface area (Å²) in [6.07, 6.45) is 3.62. The Morgan fingerprint density at radius 1 is 1.08 bits per heavy atom. The number of carbonyl (C=O) groups excluding carboxylic acids is 1. The van der Waals surface area contributed by atoms with E-state index < -0.39 is 0 Å². The molecule has 0 N–H and O–H groups in total. The maximum atomic E-state index is 12.7. The molecule has 0 aromatic heterocycles. The highest BCUT2D eigenvalue weighted by molar-refractivity contribution is 6.30. The Labute approximate surface area is 148 Å². The van der Waals surface area contributed by atoms with Crippen molar-refractivity contribution in [3.63, 3.8) is 0 Å². The maximum Gasteiger partial charge on any atom is 0.223 e. The van der Waals surface area contributed by atoms with Gasteiger partial charge in [0.25, 0.3) is 0 Å². The van der Waals surface area contributed by atoms with Crippen molar-refractivity contribution < 1.29 is 4.79 Å². The Morgan fingerprint density at radius 2 is 1.88 bits per heavy atom. The molecule has 0 saturated carbocycles. The molecular formula is C21H22ClNO. The predicted octanol–water partition coefficient (Wildman–Crippen LogP) is 5.12. The third kappa shape index (κ3) is 2.63. The van der Waals surface area contributed by atoms with Crippen LogP contribution in [0.3, 0.4) is 0 Å². The molecule has 1 heterocycles. The van der Waals surface area contributed by atoms with Gasteiger partial charge in [0.05, 0.1) is 6.04 Å². The Hall–Kier alpha value is -1.80. The summed E-state index contributed by atoms with van der Waals surface area (Å²) in [6.45, 7) is 2.16. The molecule has 2 aliphatic rings. The van der Waals surface area contributed by atoms with Crippen molar-refractivity contribution >= 4 is 17.5 Å². The van der Waals surface area contributed by atoms with Crippen molar-refractivity contribution in [3.8, 4) is 0 Å². The second-order valence-corrected chi connectivity index (χ2v) is 7.42. The minimum atomic E-state index is 0.125. The number of piperidine rings is 1. The monoisotopic (exact) mass is 339 g/mol. The number of benzene rings is 2. The number of amides is 1. The van der Waals surface area contributed by atoms with Crippen molar-refractivity contribution in [2.24, 2.45) is 0 Å². The van der Waals surface area contributed by atoms with E-state index in [2.05, 4.69) is 48.2 Å². The summed E-state index contributed by atoms with van der Waals surface area (Å²) in [5, 5.41) is 0.814. The van der Waals surface area contributed by atoms with E-state index in [0.717, 1.165) is 24.3 Å². The Kier molecular flexibility index (Phi) is 4.09. The lowest BCUT2D eigenvalue weighted by molar-refractivity contribution is -0.140. The second-order valence-electron chi connectivity index (χ2n) is 6.98. The van der Waals surface area contributed by atoms with Crippen LogP contribution in [-0.4, -0.2) is 16.8 Å². The zero-order valence-corrected chi connectivity index (χ0v) is 14.7. The summed E-state index contributed by atoms with van der Waals surface area (Å²) in [5.74, 6) is 0.736. The van der Waals surface area contributed by atoms with Gasteiger partial charge >= 0.3 is 0 Å². The van der Waals surface area contributed by atoms with E-state index >= 15 is 0 Å². The summed E-state index contributed by atoms with van der Waals surface area (Å²) >= 11 is 6.17. The minimum absolute atomic E-state index is 0.125. The topological polar surface area (TPSA) is 20.3 Å². The minimum Gasteiger partial charge on any atom is -0.332 e. The van der Waals surface area contributed by atoms with Gasteiger partial charge in [-0.25, -0.2) is 0 Å². The lowest BCUT2D eigenvalue weighted by atomic mass is 9.73. The number of aryl methyl sites for hydroxylation is 1. The number of fused-ring (bicyclic) bond motifs is 3. The van der Waals surface area contributed by atoms with Gasteiger partial charge in [-0.1, -0.05) is 48.0 Å². The molecule has 2 aromatic rings. The number of nitrogens with zero attached hydrogens (tertiary/aromatic N) is 1. The fourth-order valence-electron chi connectivity index (χ4n) is 4.53. The van der Waals surface area contributed by atoms with E-state index in [4.69, 9.17) is 11.6 Å². The quantitative estimate of drug-likeness (QED) is 0.743. The van der Waals surface area contributed by atoms with Crippen LogP contribution in [-0.2, 0) is 11.2 Å². The molecule has 1 aliphatic carbocycles. The zero-order valence-electron chi connectivity index (χ0n) is 13.9. The molecule has 1 fully saturated rings. The molecule has 0 spiro atoms. The van der Waals surface area contributed by atoms with Crippen LogP contribution in [0, 0.1) is 0 Å². The molecule has 0 radical (unpaired) electrons. The molecule has 3 heteroatoms. The molecular weight excluding hydrogens is 318 g/mol. The first-order valence-electron chi connectivity index (χ1n) is 8.79. The molecule has 0 bridgehead atoms. The van der Waals surface area contributed by atoms with Crippen LogP contribution < -0.4 is 0 Å². The van der Waals surface area contributed by atoms with Crippen molar-refractivity contribution in [1.82, 2.24) is 4.90 Å². The second kappa shape index (κ2) is 6.25. The molecule has 1 amide bonds. The predicted molar refractivity (Wildman–Crippen MR) is 97.2 cm³/mol. The van der Waals surface area contributed by atoms with Gasteiger partial charge in [-0.2, -0.15) is 0 Å². The molecule has 1 aliphatic heterocycles. The zero-order chi connectivity index (χ0) is 16.7. The van der Waals surface area contributed by atoms with Crippen LogP contribution in [0.5, 0.6) is 0 Å². The summed E-state index contributed by atoms with van der Waals surface area (Å²) in [6, 6.07) is 17.1. The molecule has 1 saturated heterocycles. The number of halogens is 1. The summed E-state index contributed by atoms with van der Waals surface area (Å²) < 4.78 is 0. The van der Waals surface area contributed by atoms with Crippen molar-refractivity contribution in [3.05, 3.63) is 70.2 Å². The molecule has 2 nitrogen and oxygen atoms in total. The summed E-state index contributed by atoms with van der Waals surface area (Å²) in [5.41, 5.74) is 3.98. The van der Waals surface area contributed by atoms with Crippen LogP contribution in [0.4, 0.5) is 0 Å². The largest absolute Gasteiger partial charge is 0.332 e. The standard InChI is InChI=1S/C21H22ClNO/c1-14(15-5-3-2-4-6-15)23-20-11-7-16-13-17(22)8-9-18(16)19(20)10-12-21(23)24/h2-6,8-9,13-14,19-20H,7,10-12H2,1H3/t14?,19-,20-/m0/s1. The molecule has 4 rings (SSSR count). The van der Waals surface area contributed by atoms with Crippen LogP contribution in [0.2, 0.25) is 5.02 Å². The van der Waals surface area contributed by atoms with Crippen molar-refractivity contribution in [2.75, 3.05) is 0 Å². The van der Waals surface area contributed by atoms with Crippen molar-refractivity contribution in [2.45, 2.75) is 50.6 Å². The fourth-order valence-corrected chi connectivity index (χ4v) is 4.73. The van der Waals surface area contributed by atoms with E-state index in [1.165, 1.54) is 16.7 Å². The molecule has 24 heavy (non-hydrogen) atoms. The smallest absolute Gasteiger partial charge is 0.223 e. The molecule has 3 atom stereocenters. The number of rotatable bonds is 2. The average Bonchev–Trinajstić information content (AvgIpc) is 2.61. The third-order valence-corrected chi connectivity index (χ3v) is 5.93. The van der Waals surface area contributed by atoms with Crippen LogP contribution in [0.1, 0.15) is 54.8 Å². The first-order chi connectivity index (χ1) is 11.6. The van der Waals surface area contributed by atoms with Gasteiger partial charge in [0, 0.05) is 23.4 Å². The lowest BCUT2D eigenvalue weighted by Crippen LogP contribution is -2.50. The van der Waals surface area contributed by atoms with Crippen LogP contribution in [0.15, 0.2) is 48.5 Å². The van der Waals surface area contributed by atoms with E-state index in [1.54, 1.807) is 0 Å². The highest BCUT2D eigenvalue weighted by atomic mass is 35.5. The van der Waals surface area contributed by atoms with E-state index in [-0.39, 0.29) is 6.04 Å². The third-order valence-electron chi connectivity index (χ3n) is 5.69. The Morgan fingerprint density at radius 3 is 2.67 bits per heavy atom. The summed E-state index contributed by atoms with van der Waals surface area (Å²) in [4.78, 5) is 14.9. The van der Waals surface area contributed by atoms with Gasteiger partial charge in [-0.3, -0.25) is 4.79 Å². The molecule has 2 aromatic carbocycles.